The van der Waals surface area contributed by atoms with Crippen molar-refractivity contribution in [2.24, 2.45) is 0 Å². The zero-order chi connectivity index (χ0) is 15.3. The predicted molar refractivity (Wildman–Crippen MR) is 80.7 cm³/mol. The quantitative estimate of drug-likeness (QED) is 0.792. The largest absolute Gasteiger partial charge is 0.506 e. The van der Waals surface area contributed by atoms with Gasteiger partial charge in [0, 0.05) is 5.02 Å². The smallest absolute Gasteiger partial charge is 0.266 e. The van der Waals surface area contributed by atoms with Crippen LogP contribution in [0.3, 0.4) is 0 Å². The van der Waals surface area contributed by atoms with E-state index in [1.54, 1.807) is 0 Å². The minimum Gasteiger partial charge on any atom is -0.506 e. The first kappa shape index (κ1) is 14.2. The van der Waals surface area contributed by atoms with Crippen molar-refractivity contribution in [3.63, 3.8) is 0 Å². The third-order valence-corrected chi connectivity index (χ3v) is 4.06. The molecular formula is C14H6Cl3NO3. The second-order valence-electron chi connectivity index (χ2n) is 4.39. The molecule has 1 aliphatic rings. The molecule has 0 atom stereocenters. The number of hydrogen-bond donors (Lipinski definition) is 1. The van der Waals surface area contributed by atoms with Gasteiger partial charge in [-0.05, 0) is 30.3 Å². The van der Waals surface area contributed by atoms with Gasteiger partial charge in [-0.3, -0.25) is 9.59 Å². The van der Waals surface area contributed by atoms with Gasteiger partial charge in [-0.2, -0.15) is 0 Å². The summed E-state index contributed by atoms with van der Waals surface area (Å²) in [6.45, 7) is 0. The Balaban J connectivity index is 2.18. The Labute approximate surface area is 134 Å². The van der Waals surface area contributed by atoms with Crippen molar-refractivity contribution >= 4 is 52.3 Å². The highest BCUT2D eigenvalue weighted by Gasteiger charge is 2.38. The number of anilines is 1. The van der Waals surface area contributed by atoms with Crippen LogP contribution in [0.5, 0.6) is 5.75 Å². The molecule has 1 aliphatic heterocycles. The average Bonchev–Trinajstić information content (AvgIpc) is 2.66. The number of rotatable bonds is 1. The molecule has 0 bridgehead atoms. The molecule has 2 aromatic carbocycles. The topological polar surface area (TPSA) is 57.6 Å². The number of phenols is 1. The SMILES string of the molecule is O=C1c2cc(Cl)c(Cl)cc2C(=O)N1c1cc(Cl)ccc1O. The van der Waals surface area contributed by atoms with E-state index in [9.17, 15) is 14.7 Å². The molecule has 4 nitrogen and oxygen atoms in total. The lowest BCUT2D eigenvalue weighted by Crippen LogP contribution is -2.29. The Hall–Kier alpha value is -1.75. The predicted octanol–water partition coefficient (Wildman–Crippen LogP) is 4.15. The van der Waals surface area contributed by atoms with Crippen LogP contribution in [0.1, 0.15) is 20.7 Å². The first-order valence-corrected chi connectivity index (χ1v) is 6.90. The summed E-state index contributed by atoms with van der Waals surface area (Å²) in [4.78, 5) is 25.6. The summed E-state index contributed by atoms with van der Waals surface area (Å²) in [5, 5.41) is 10.5. The third-order valence-electron chi connectivity index (χ3n) is 3.11. The van der Waals surface area contributed by atoms with Crippen LogP contribution in [0.25, 0.3) is 0 Å². The van der Waals surface area contributed by atoms with Crippen molar-refractivity contribution in [1.29, 1.82) is 0 Å². The lowest BCUT2D eigenvalue weighted by Gasteiger charge is -2.15. The number of imide groups is 1. The third kappa shape index (κ3) is 2.16. The molecule has 106 valence electrons. The number of nitrogens with zero attached hydrogens (tertiary/aromatic N) is 1. The molecule has 7 heteroatoms. The number of halogens is 3. The second kappa shape index (κ2) is 4.91. The lowest BCUT2D eigenvalue weighted by atomic mass is 10.1. The van der Waals surface area contributed by atoms with Crippen molar-refractivity contribution in [3.05, 3.63) is 56.5 Å². The molecule has 3 rings (SSSR count). The number of benzene rings is 2. The summed E-state index contributed by atoms with van der Waals surface area (Å²) < 4.78 is 0. The van der Waals surface area contributed by atoms with Crippen molar-refractivity contribution in [2.45, 2.75) is 0 Å². The number of fused-ring (bicyclic) bond motifs is 1. The fraction of sp³-hybridized carbons (Fsp3) is 0. The minimum absolute atomic E-state index is 0.0148. The van der Waals surface area contributed by atoms with Gasteiger partial charge < -0.3 is 5.11 Å². The van der Waals surface area contributed by atoms with Crippen LogP contribution in [-0.4, -0.2) is 16.9 Å². The van der Waals surface area contributed by atoms with Crippen LogP contribution >= 0.6 is 34.8 Å². The second-order valence-corrected chi connectivity index (χ2v) is 5.64. The van der Waals surface area contributed by atoms with Gasteiger partial charge in [0.05, 0.1) is 26.9 Å². The van der Waals surface area contributed by atoms with Gasteiger partial charge in [0.1, 0.15) is 5.75 Å². The number of carbonyl (C=O) groups is 2. The molecule has 0 saturated heterocycles. The Morgan fingerprint density at radius 2 is 1.38 bits per heavy atom. The van der Waals surface area contributed by atoms with Gasteiger partial charge in [-0.1, -0.05) is 34.8 Å². The van der Waals surface area contributed by atoms with Gasteiger partial charge in [0.25, 0.3) is 11.8 Å². The van der Waals surface area contributed by atoms with E-state index in [4.69, 9.17) is 34.8 Å². The van der Waals surface area contributed by atoms with Crippen molar-refractivity contribution < 1.29 is 14.7 Å². The maximum atomic E-state index is 12.4. The van der Waals surface area contributed by atoms with Gasteiger partial charge in [-0.15, -0.1) is 0 Å². The molecular weight excluding hydrogens is 337 g/mol. The highest BCUT2D eigenvalue weighted by Crippen LogP contribution is 2.38. The fourth-order valence-corrected chi connectivity index (χ4v) is 2.62. The van der Waals surface area contributed by atoms with Crippen LogP contribution in [0.2, 0.25) is 15.1 Å². The van der Waals surface area contributed by atoms with Gasteiger partial charge in [-0.25, -0.2) is 4.90 Å². The first-order valence-electron chi connectivity index (χ1n) is 5.76. The van der Waals surface area contributed by atoms with Gasteiger partial charge in [0.2, 0.25) is 0 Å². The molecule has 2 aromatic rings. The van der Waals surface area contributed by atoms with E-state index in [2.05, 4.69) is 0 Å². The Bertz CT molecular complexity index is 763. The van der Waals surface area contributed by atoms with E-state index >= 15 is 0 Å². The van der Waals surface area contributed by atoms with Crippen LogP contribution < -0.4 is 4.90 Å². The van der Waals surface area contributed by atoms with E-state index in [-0.39, 0.29) is 37.6 Å². The van der Waals surface area contributed by atoms with Crippen molar-refractivity contribution in [2.75, 3.05) is 4.90 Å². The van der Waals surface area contributed by atoms with E-state index in [0.29, 0.717) is 0 Å². The minimum atomic E-state index is -0.592. The highest BCUT2D eigenvalue weighted by atomic mass is 35.5. The molecule has 0 spiro atoms. The van der Waals surface area contributed by atoms with Crippen LogP contribution in [-0.2, 0) is 0 Å². The zero-order valence-electron chi connectivity index (χ0n) is 10.2. The molecule has 21 heavy (non-hydrogen) atoms. The molecule has 0 saturated carbocycles. The molecule has 1 N–H and O–H groups in total. The monoisotopic (exact) mass is 341 g/mol. The first-order chi connectivity index (χ1) is 9.90. The summed E-state index contributed by atoms with van der Waals surface area (Å²) in [6, 6.07) is 6.76. The Morgan fingerprint density at radius 3 is 1.90 bits per heavy atom. The Morgan fingerprint density at radius 1 is 0.857 bits per heavy atom. The molecule has 0 fully saturated rings. The average molecular weight is 343 g/mol. The summed E-state index contributed by atoms with van der Waals surface area (Å²) in [5.41, 5.74) is 0.281. The molecule has 0 unspecified atom stereocenters. The van der Waals surface area contributed by atoms with Crippen LogP contribution in [0.4, 0.5) is 5.69 Å². The lowest BCUT2D eigenvalue weighted by molar-refractivity contribution is 0.0925. The number of phenolic OH excluding ortho intramolecular Hbond substituents is 1. The van der Waals surface area contributed by atoms with Crippen LogP contribution in [0.15, 0.2) is 30.3 Å². The molecule has 1 heterocycles. The number of amides is 2. The maximum absolute atomic E-state index is 12.4. The maximum Gasteiger partial charge on any atom is 0.266 e. The molecule has 0 aliphatic carbocycles. The number of aromatic hydroxyl groups is 1. The normalized spacial score (nSPS) is 13.8. The van der Waals surface area contributed by atoms with Crippen molar-refractivity contribution in [3.8, 4) is 5.75 Å². The van der Waals surface area contributed by atoms with Gasteiger partial charge >= 0.3 is 0 Å². The summed E-state index contributed by atoms with van der Waals surface area (Å²) >= 11 is 17.6. The van der Waals surface area contributed by atoms with E-state index in [1.807, 2.05) is 0 Å². The zero-order valence-corrected chi connectivity index (χ0v) is 12.5. The van der Waals surface area contributed by atoms with Crippen LogP contribution in [0, 0.1) is 0 Å². The molecule has 0 aromatic heterocycles. The summed E-state index contributed by atoms with van der Waals surface area (Å²) in [5.74, 6) is -1.41. The molecule has 0 radical (unpaired) electrons. The standard InChI is InChI=1S/C14H6Cl3NO3/c15-6-1-2-12(19)11(3-6)18-13(20)7-4-9(16)10(17)5-8(7)14(18)21/h1-5,19H. The fourth-order valence-electron chi connectivity index (χ4n) is 2.13. The van der Waals surface area contributed by atoms with E-state index in [0.717, 1.165) is 4.90 Å². The summed E-state index contributed by atoms with van der Waals surface area (Å²) in [6.07, 6.45) is 0. The van der Waals surface area contributed by atoms with E-state index < -0.39 is 11.8 Å². The molecule has 2 amide bonds. The van der Waals surface area contributed by atoms with Gasteiger partial charge in [0.15, 0.2) is 0 Å². The van der Waals surface area contributed by atoms with Crippen molar-refractivity contribution in [1.82, 2.24) is 0 Å². The van der Waals surface area contributed by atoms with E-state index in [1.165, 1.54) is 30.3 Å². The summed E-state index contributed by atoms with van der Waals surface area (Å²) in [7, 11) is 0. The number of carbonyl (C=O) groups excluding carboxylic acids is 2. The number of hydrogen-bond acceptors (Lipinski definition) is 3. The Kier molecular flexibility index (Phi) is 3.32. The highest BCUT2D eigenvalue weighted by molar-refractivity contribution is 6.44.